The molecule has 0 aliphatic carbocycles. The predicted octanol–water partition coefficient (Wildman–Crippen LogP) is 8.03. The SMILES string of the molecule is CC(C)(C)OC(=O)N(C(=O)OC(C)(C)C)c1nc(-c2cn3ccnc3c(N(C(=O)OC(C)(C)C)c3ccc(N4CCN(C5COC5)CC4)c(OCCOC4CCCCO4)c3)n2)cnc1Cl. The van der Waals surface area contributed by atoms with Gasteiger partial charge in [0.2, 0.25) is 0 Å². The quantitative estimate of drug-likeness (QED) is 0.104. The molecule has 6 heterocycles. The largest absolute Gasteiger partial charge is 0.489 e. The van der Waals surface area contributed by atoms with Gasteiger partial charge in [0.05, 0.1) is 43.4 Å². The molecule has 3 saturated heterocycles. The zero-order valence-corrected chi connectivity index (χ0v) is 39.4. The number of benzene rings is 1. The van der Waals surface area contributed by atoms with Gasteiger partial charge in [-0.3, -0.25) is 4.90 Å². The highest BCUT2D eigenvalue weighted by Gasteiger charge is 2.37. The number of anilines is 4. The Kier molecular flexibility index (Phi) is 14.4. The van der Waals surface area contributed by atoms with Gasteiger partial charge in [0.1, 0.15) is 40.5 Å². The lowest BCUT2D eigenvalue weighted by Crippen LogP contribution is -2.56. The van der Waals surface area contributed by atoms with Crippen LogP contribution in [0.3, 0.4) is 0 Å². The molecule has 20 heteroatoms. The Bertz CT molecular complexity index is 2300. The van der Waals surface area contributed by atoms with Gasteiger partial charge < -0.3 is 42.5 Å². The lowest BCUT2D eigenvalue weighted by atomic mass is 10.1. The van der Waals surface area contributed by atoms with E-state index in [1.807, 2.05) is 12.1 Å². The predicted molar refractivity (Wildman–Crippen MR) is 242 cm³/mol. The minimum absolute atomic E-state index is 0.0732. The van der Waals surface area contributed by atoms with Crippen molar-refractivity contribution in [3.05, 3.63) is 48.1 Å². The van der Waals surface area contributed by atoms with Gasteiger partial charge in [0, 0.05) is 57.4 Å². The van der Waals surface area contributed by atoms with E-state index in [2.05, 4.69) is 24.8 Å². The van der Waals surface area contributed by atoms with Crippen LogP contribution >= 0.6 is 11.6 Å². The van der Waals surface area contributed by atoms with Gasteiger partial charge in [0.25, 0.3) is 0 Å². The summed E-state index contributed by atoms with van der Waals surface area (Å²) >= 11 is 6.58. The molecular formula is C45H60ClN9O10. The Balaban J connectivity index is 1.29. The van der Waals surface area contributed by atoms with Crippen LogP contribution in [0.2, 0.25) is 5.15 Å². The van der Waals surface area contributed by atoms with Crippen LogP contribution in [0.25, 0.3) is 17.0 Å². The fourth-order valence-electron chi connectivity index (χ4n) is 7.26. The summed E-state index contributed by atoms with van der Waals surface area (Å²) in [5.41, 5.74) is -1.13. The summed E-state index contributed by atoms with van der Waals surface area (Å²) in [7, 11) is 0. The molecule has 3 fully saturated rings. The number of fused-ring (bicyclic) bond motifs is 1. The molecule has 3 aliphatic rings. The van der Waals surface area contributed by atoms with Crippen LogP contribution in [-0.4, -0.2) is 136 Å². The molecule has 19 nitrogen and oxygen atoms in total. The van der Waals surface area contributed by atoms with Gasteiger partial charge >= 0.3 is 18.3 Å². The molecule has 3 aliphatic heterocycles. The summed E-state index contributed by atoms with van der Waals surface area (Å²) in [6, 6.07) is 5.97. The lowest BCUT2D eigenvalue weighted by Gasteiger charge is -2.43. The highest BCUT2D eigenvalue weighted by atomic mass is 35.5. The van der Waals surface area contributed by atoms with Crippen LogP contribution in [0.5, 0.6) is 5.75 Å². The summed E-state index contributed by atoms with van der Waals surface area (Å²) in [5.74, 6) is 0.241. The lowest BCUT2D eigenvalue weighted by molar-refractivity contribution is -0.165. The number of ether oxygens (including phenoxy) is 7. The van der Waals surface area contributed by atoms with Crippen molar-refractivity contribution in [1.82, 2.24) is 29.2 Å². The van der Waals surface area contributed by atoms with Crippen LogP contribution in [0.1, 0.15) is 81.6 Å². The standard InChI is InChI=1S/C45H60ClN9O10/c1-43(2,3)63-40(56)54(29-13-14-33(52-19-17-51(18-20-52)30-27-59-28-30)34(24-29)60-22-23-62-35-12-10-11-21-61-35)39-38-47-15-16-53(38)26-32(50-39)31-25-48-36(46)37(49-31)55(41(57)64-44(4,5)6)42(58)65-45(7,8)9/h13-16,24-26,30,35H,10-12,17-23,27-28H2,1-9H3. The van der Waals surface area contributed by atoms with Gasteiger partial charge in [0.15, 0.2) is 28.7 Å². The first-order chi connectivity index (χ1) is 30.7. The van der Waals surface area contributed by atoms with Crippen molar-refractivity contribution >= 4 is 58.5 Å². The molecule has 0 radical (unpaired) electrons. The minimum Gasteiger partial charge on any atom is -0.489 e. The molecule has 7 rings (SSSR count). The number of hydrogen-bond acceptors (Lipinski definition) is 16. The topological polar surface area (TPSA) is 185 Å². The van der Waals surface area contributed by atoms with Gasteiger partial charge in [-0.05, 0) is 93.7 Å². The minimum atomic E-state index is -1.08. The van der Waals surface area contributed by atoms with Crippen molar-refractivity contribution in [3.8, 4) is 17.1 Å². The molecule has 3 aromatic heterocycles. The second-order valence-electron chi connectivity index (χ2n) is 19.0. The number of imidazole rings is 1. The molecule has 3 amide bonds. The number of halogens is 1. The van der Waals surface area contributed by atoms with Gasteiger partial charge in [-0.15, -0.1) is 0 Å². The first-order valence-corrected chi connectivity index (χ1v) is 22.3. The van der Waals surface area contributed by atoms with Crippen molar-refractivity contribution in [2.45, 2.75) is 111 Å². The normalized spacial score (nSPS) is 17.6. The molecule has 1 atom stereocenters. The Hall–Kier alpha value is -5.34. The van der Waals surface area contributed by atoms with E-state index in [9.17, 15) is 14.4 Å². The molecule has 0 N–H and O–H groups in total. The Morgan fingerprint density at radius 1 is 0.815 bits per heavy atom. The fraction of sp³-hybridized carbons (Fsp3) is 0.578. The Labute approximate surface area is 384 Å². The van der Waals surface area contributed by atoms with Crippen molar-refractivity contribution in [2.75, 3.05) is 73.9 Å². The molecule has 4 aromatic rings. The van der Waals surface area contributed by atoms with Crippen LogP contribution in [0.15, 0.2) is 43.0 Å². The maximum atomic E-state index is 14.6. The first-order valence-electron chi connectivity index (χ1n) is 22.0. The average Bonchev–Trinajstić information content (AvgIpc) is 3.68. The highest BCUT2D eigenvalue weighted by molar-refractivity contribution is 6.33. The average molecular weight is 922 g/mol. The Morgan fingerprint density at radius 3 is 2.09 bits per heavy atom. The molecule has 1 aromatic carbocycles. The second-order valence-corrected chi connectivity index (χ2v) is 19.3. The molecule has 65 heavy (non-hydrogen) atoms. The molecule has 0 saturated carbocycles. The number of rotatable bonds is 11. The van der Waals surface area contributed by atoms with Gasteiger partial charge in [-0.25, -0.2) is 39.2 Å². The van der Waals surface area contributed by atoms with Crippen LogP contribution in [-0.2, 0) is 28.4 Å². The molecule has 0 bridgehead atoms. The van der Waals surface area contributed by atoms with Crippen molar-refractivity contribution < 1.29 is 47.5 Å². The van der Waals surface area contributed by atoms with Crippen molar-refractivity contribution in [2.24, 2.45) is 0 Å². The Morgan fingerprint density at radius 2 is 1.48 bits per heavy atom. The number of carbonyl (C=O) groups is 3. The van der Waals surface area contributed by atoms with E-state index in [1.165, 1.54) is 11.1 Å². The maximum absolute atomic E-state index is 14.6. The van der Waals surface area contributed by atoms with Crippen LogP contribution in [0.4, 0.5) is 37.4 Å². The molecular weight excluding hydrogens is 862 g/mol. The zero-order valence-electron chi connectivity index (χ0n) is 38.7. The third-order valence-corrected chi connectivity index (χ3v) is 10.5. The van der Waals surface area contributed by atoms with E-state index in [-0.39, 0.29) is 41.1 Å². The molecule has 352 valence electrons. The fourth-order valence-corrected chi connectivity index (χ4v) is 7.43. The number of hydrogen-bond donors (Lipinski definition) is 0. The maximum Gasteiger partial charge on any atom is 0.425 e. The first kappa shape index (κ1) is 47.6. The zero-order chi connectivity index (χ0) is 46.7. The van der Waals surface area contributed by atoms with E-state index in [0.717, 1.165) is 64.3 Å². The summed E-state index contributed by atoms with van der Waals surface area (Å²) in [6.07, 6.45) is 5.88. The van der Waals surface area contributed by atoms with Gasteiger partial charge in [-0.2, -0.15) is 4.90 Å². The summed E-state index contributed by atoms with van der Waals surface area (Å²) in [4.78, 5) is 67.0. The van der Waals surface area contributed by atoms with Gasteiger partial charge in [-0.1, -0.05) is 11.6 Å². The van der Waals surface area contributed by atoms with Crippen molar-refractivity contribution in [3.63, 3.8) is 0 Å². The van der Waals surface area contributed by atoms with Crippen molar-refractivity contribution in [1.29, 1.82) is 0 Å². The molecule has 1 unspecified atom stereocenters. The summed E-state index contributed by atoms with van der Waals surface area (Å²) < 4.78 is 42.6. The number of nitrogens with zero attached hydrogens (tertiary/aromatic N) is 9. The monoisotopic (exact) mass is 921 g/mol. The number of aromatic nitrogens is 5. The van der Waals surface area contributed by atoms with E-state index in [4.69, 9.17) is 49.7 Å². The van der Waals surface area contributed by atoms with E-state index < -0.39 is 35.1 Å². The summed E-state index contributed by atoms with van der Waals surface area (Å²) in [5, 5.41) is -0.285. The second kappa shape index (κ2) is 19.6. The van der Waals surface area contributed by atoms with Crippen LogP contribution in [0, 0.1) is 0 Å². The van der Waals surface area contributed by atoms with E-state index in [0.29, 0.717) is 41.2 Å². The van der Waals surface area contributed by atoms with E-state index in [1.54, 1.807) is 91.4 Å². The smallest absolute Gasteiger partial charge is 0.425 e. The summed E-state index contributed by atoms with van der Waals surface area (Å²) in [6.45, 7) is 21.2. The van der Waals surface area contributed by atoms with Crippen LogP contribution < -0.4 is 19.4 Å². The highest BCUT2D eigenvalue weighted by Crippen LogP contribution is 2.39. The number of imide groups is 1. The number of piperazine rings is 1. The molecule has 0 spiro atoms. The third-order valence-electron chi connectivity index (χ3n) is 10.3. The number of carbonyl (C=O) groups excluding carboxylic acids is 3. The number of amides is 3. The van der Waals surface area contributed by atoms with E-state index >= 15 is 0 Å². The third kappa shape index (κ3) is 12.1.